The van der Waals surface area contributed by atoms with Gasteiger partial charge >= 0.3 is 0 Å². The van der Waals surface area contributed by atoms with Gasteiger partial charge in [0, 0.05) is 32.8 Å². The molecule has 3 rings (SSSR count). The van der Waals surface area contributed by atoms with Crippen LogP contribution in [-0.4, -0.2) is 40.7 Å². The van der Waals surface area contributed by atoms with Gasteiger partial charge in [-0.1, -0.05) is 44.6 Å². The summed E-state index contributed by atoms with van der Waals surface area (Å²) in [6, 6.07) is 5.97. The molecule has 2 N–H and O–H groups in total. The molecule has 0 spiro atoms. The van der Waals surface area contributed by atoms with Gasteiger partial charge in [0.05, 0.1) is 0 Å². The molecule has 142 valence electrons. The molecule has 1 aliphatic rings. The summed E-state index contributed by atoms with van der Waals surface area (Å²) >= 11 is 0. The summed E-state index contributed by atoms with van der Waals surface area (Å²) in [6.45, 7) is 1.88. The second kappa shape index (κ2) is 10.1. The summed E-state index contributed by atoms with van der Waals surface area (Å²) in [5, 5.41) is 15.3. The minimum Gasteiger partial charge on any atom is -0.356 e. The van der Waals surface area contributed by atoms with Crippen LogP contribution in [0.25, 0.3) is 5.65 Å². The predicted molar refractivity (Wildman–Crippen MR) is 106 cm³/mol. The van der Waals surface area contributed by atoms with Crippen molar-refractivity contribution in [2.45, 2.75) is 57.8 Å². The first-order valence-corrected chi connectivity index (χ1v) is 10.1. The van der Waals surface area contributed by atoms with Crippen LogP contribution in [0, 0.1) is 5.92 Å². The Bertz CT molecular complexity index is 686. The molecule has 0 unspecified atom stereocenters. The van der Waals surface area contributed by atoms with Crippen LogP contribution in [-0.2, 0) is 6.42 Å². The van der Waals surface area contributed by atoms with Crippen molar-refractivity contribution in [2.75, 3.05) is 20.1 Å². The van der Waals surface area contributed by atoms with E-state index >= 15 is 0 Å². The summed E-state index contributed by atoms with van der Waals surface area (Å²) in [5.74, 6) is 2.91. The molecule has 1 aliphatic carbocycles. The zero-order valence-electron chi connectivity index (χ0n) is 16.0. The molecule has 6 nitrogen and oxygen atoms in total. The van der Waals surface area contributed by atoms with Crippen molar-refractivity contribution in [3.63, 3.8) is 0 Å². The third kappa shape index (κ3) is 5.44. The molecule has 0 saturated heterocycles. The average Bonchev–Trinajstić information content (AvgIpc) is 3.33. The second-order valence-electron chi connectivity index (χ2n) is 7.22. The van der Waals surface area contributed by atoms with Gasteiger partial charge < -0.3 is 10.6 Å². The average molecular weight is 357 g/mol. The molecule has 0 atom stereocenters. The number of guanidine groups is 1. The Kier molecular flexibility index (Phi) is 7.28. The maximum Gasteiger partial charge on any atom is 0.190 e. The lowest BCUT2D eigenvalue weighted by Gasteiger charge is -2.12. The molecule has 0 bridgehead atoms. The predicted octanol–water partition coefficient (Wildman–Crippen LogP) is 3.19. The van der Waals surface area contributed by atoms with Crippen LogP contribution < -0.4 is 10.6 Å². The van der Waals surface area contributed by atoms with E-state index in [1.807, 2.05) is 31.4 Å². The summed E-state index contributed by atoms with van der Waals surface area (Å²) in [5.41, 5.74) is 0.908. The van der Waals surface area contributed by atoms with Gasteiger partial charge in [0.25, 0.3) is 0 Å². The van der Waals surface area contributed by atoms with Gasteiger partial charge in [-0.3, -0.25) is 9.39 Å². The maximum absolute atomic E-state index is 4.31. The van der Waals surface area contributed by atoms with Gasteiger partial charge in [-0.2, -0.15) is 0 Å². The van der Waals surface area contributed by atoms with Crippen LogP contribution in [0.1, 0.15) is 57.2 Å². The number of hydrogen-bond donors (Lipinski definition) is 2. The van der Waals surface area contributed by atoms with Crippen molar-refractivity contribution in [2.24, 2.45) is 10.9 Å². The van der Waals surface area contributed by atoms with Crippen molar-refractivity contribution in [1.82, 2.24) is 25.2 Å². The molecule has 0 aromatic carbocycles. The Labute approximate surface area is 156 Å². The Morgan fingerprint density at radius 2 is 1.92 bits per heavy atom. The fourth-order valence-corrected chi connectivity index (χ4v) is 3.80. The summed E-state index contributed by atoms with van der Waals surface area (Å²) in [4.78, 5) is 4.31. The first-order valence-electron chi connectivity index (χ1n) is 10.1. The molecular weight excluding hydrogens is 324 g/mol. The number of aromatic nitrogens is 3. The van der Waals surface area contributed by atoms with Gasteiger partial charge in [-0.15, -0.1) is 10.2 Å². The SMILES string of the molecule is CN=C(NCCCCC1CCCC1)NCCCc1nnc2ccccn12. The van der Waals surface area contributed by atoms with E-state index in [9.17, 15) is 0 Å². The smallest absolute Gasteiger partial charge is 0.190 e. The fraction of sp³-hybridized carbons (Fsp3) is 0.650. The van der Waals surface area contributed by atoms with E-state index < -0.39 is 0 Å². The van der Waals surface area contributed by atoms with Gasteiger partial charge in [0.1, 0.15) is 5.82 Å². The zero-order valence-corrected chi connectivity index (χ0v) is 16.0. The van der Waals surface area contributed by atoms with Crippen LogP contribution in [0.2, 0.25) is 0 Å². The first kappa shape index (κ1) is 18.7. The highest BCUT2D eigenvalue weighted by Crippen LogP contribution is 2.28. The van der Waals surface area contributed by atoms with Crippen LogP contribution in [0.3, 0.4) is 0 Å². The van der Waals surface area contributed by atoms with E-state index in [1.54, 1.807) is 0 Å². The normalized spacial score (nSPS) is 15.7. The van der Waals surface area contributed by atoms with Gasteiger partial charge in [-0.25, -0.2) is 0 Å². The number of aliphatic imine (C=N–C) groups is 1. The zero-order chi connectivity index (χ0) is 18.0. The van der Waals surface area contributed by atoms with E-state index in [2.05, 4.69) is 30.2 Å². The molecular formula is C20H32N6. The second-order valence-corrected chi connectivity index (χ2v) is 7.22. The maximum atomic E-state index is 4.31. The highest BCUT2D eigenvalue weighted by atomic mass is 15.2. The Morgan fingerprint density at radius 3 is 2.73 bits per heavy atom. The number of fused-ring (bicyclic) bond motifs is 1. The monoisotopic (exact) mass is 356 g/mol. The number of unbranched alkanes of at least 4 members (excludes halogenated alkanes) is 1. The molecule has 0 radical (unpaired) electrons. The molecule has 2 heterocycles. The van der Waals surface area contributed by atoms with Crippen molar-refractivity contribution in [3.05, 3.63) is 30.2 Å². The molecule has 2 aromatic rings. The minimum atomic E-state index is 0.878. The lowest BCUT2D eigenvalue weighted by atomic mass is 10.0. The molecule has 1 saturated carbocycles. The molecule has 0 amide bonds. The summed E-state index contributed by atoms with van der Waals surface area (Å²) in [6.07, 6.45) is 13.7. The van der Waals surface area contributed by atoms with Crippen molar-refractivity contribution in [3.8, 4) is 0 Å². The van der Waals surface area contributed by atoms with E-state index in [4.69, 9.17) is 0 Å². The highest BCUT2D eigenvalue weighted by Gasteiger charge is 2.13. The first-order chi connectivity index (χ1) is 12.9. The Morgan fingerprint density at radius 1 is 1.12 bits per heavy atom. The largest absolute Gasteiger partial charge is 0.356 e. The quantitative estimate of drug-likeness (QED) is 0.411. The van der Waals surface area contributed by atoms with E-state index in [0.29, 0.717) is 0 Å². The molecule has 26 heavy (non-hydrogen) atoms. The van der Waals surface area contributed by atoms with Crippen LogP contribution in [0.15, 0.2) is 29.4 Å². The molecule has 1 fully saturated rings. The Balaban J connectivity index is 1.28. The number of pyridine rings is 1. The minimum absolute atomic E-state index is 0.878. The standard InChI is InChI=1S/C20H32N6/c1-21-20(22-14-6-4-11-17-9-2-3-10-17)23-15-8-13-19-25-24-18-12-5-7-16-26(18)19/h5,7,12,16-17H,2-4,6,8-11,13-15H2,1H3,(H2,21,22,23). The van der Waals surface area contributed by atoms with Crippen molar-refractivity contribution >= 4 is 11.6 Å². The Hall–Kier alpha value is -2.11. The third-order valence-corrected chi connectivity index (χ3v) is 5.28. The number of nitrogens with zero attached hydrogens (tertiary/aromatic N) is 4. The topological polar surface area (TPSA) is 66.6 Å². The lowest BCUT2D eigenvalue weighted by molar-refractivity contribution is 0.472. The van der Waals surface area contributed by atoms with Crippen LogP contribution in [0.5, 0.6) is 0 Å². The van der Waals surface area contributed by atoms with E-state index in [-0.39, 0.29) is 0 Å². The van der Waals surface area contributed by atoms with Crippen molar-refractivity contribution < 1.29 is 0 Å². The molecule has 2 aromatic heterocycles. The molecule has 6 heteroatoms. The molecule has 0 aliphatic heterocycles. The summed E-state index contributed by atoms with van der Waals surface area (Å²) in [7, 11) is 1.83. The van der Waals surface area contributed by atoms with E-state index in [0.717, 1.165) is 49.3 Å². The van der Waals surface area contributed by atoms with Gasteiger partial charge in [0.15, 0.2) is 11.6 Å². The highest BCUT2D eigenvalue weighted by molar-refractivity contribution is 5.79. The van der Waals surface area contributed by atoms with Crippen LogP contribution in [0.4, 0.5) is 0 Å². The van der Waals surface area contributed by atoms with E-state index in [1.165, 1.54) is 44.9 Å². The van der Waals surface area contributed by atoms with Gasteiger partial charge in [-0.05, 0) is 30.9 Å². The number of aryl methyl sites for hydroxylation is 1. The van der Waals surface area contributed by atoms with Gasteiger partial charge in [0.2, 0.25) is 0 Å². The fourth-order valence-electron chi connectivity index (χ4n) is 3.80. The number of nitrogens with one attached hydrogen (secondary N) is 2. The van der Waals surface area contributed by atoms with Crippen LogP contribution >= 0.6 is 0 Å². The summed E-state index contributed by atoms with van der Waals surface area (Å²) < 4.78 is 2.05. The number of hydrogen-bond acceptors (Lipinski definition) is 3. The number of rotatable bonds is 9. The lowest BCUT2D eigenvalue weighted by Crippen LogP contribution is -2.38. The van der Waals surface area contributed by atoms with Crippen molar-refractivity contribution in [1.29, 1.82) is 0 Å². The third-order valence-electron chi connectivity index (χ3n) is 5.28.